The van der Waals surface area contributed by atoms with Crippen LogP contribution in [-0.4, -0.2) is 14.3 Å². The van der Waals surface area contributed by atoms with E-state index in [0.717, 1.165) is 24.0 Å². The first-order valence-corrected chi connectivity index (χ1v) is 9.34. The van der Waals surface area contributed by atoms with E-state index in [1.54, 1.807) is 0 Å². The predicted octanol–water partition coefficient (Wildman–Crippen LogP) is 2.52. The van der Waals surface area contributed by atoms with E-state index in [4.69, 9.17) is 5.73 Å². The van der Waals surface area contributed by atoms with Crippen molar-refractivity contribution in [3.8, 4) is 0 Å². The van der Waals surface area contributed by atoms with Crippen LogP contribution in [0.2, 0.25) is 0 Å². The molecule has 0 unspecified atom stereocenters. The summed E-state index contributed by atoms with van der Waals surface area (Å²) in [5.74, 6) is -0.255. The van der Waals surface area contributed by atoms with Gasteiger partial charge in [0.1, 0.15) is 0 Å². The summed E-state index contributed by atoms with van der Waals surface area (Å²) in [6, 6.07) is 13.3. The van der Waals surface area contributed by atoms with Gasteiger partial charge in [0.2, 0.25) is 15.9 Å². The number of sulfonamides is 1. The summed E-state index contributed by atoms with van der Waals surface area (Å²) < 4.78 is 28.1. The zero-order valence-corrected chi connectivity index (χ0v) is 14.2. The van der Waals surface area contributed by atoms with Crippen LogP contribution in [0.5, 0.6) is 0 Å². The number of hydrogen-bond acceptors (Lipinski definition) is 3. The van der Waals surface area contributed by atoms with Gasteiger partial charge < -0.3 is 5.73 Å². The molecule has 0 heterocycles. The third kappa shape index (κ3) is 3.66. The minimum Gasteiger partial charge on any atom is -0.366 e. The van der Waals surface area contributed by atoms with Crippen molar-refractivity contribution in [1.82, 2.24) is 4.72 Å². The number of carbonyl (C=O) groups is 1. The second-order valence-electron chi connectivity index (χ2n) is 6.24. The third-order valence-electron chi connectivity index (χ3n) is 4.26. The van der Waals surface area contributed by atoms with Crippen LogP contribution in [0.3, 0.4) is 0 Å². The lowest BCUT2D eigenvalue weighted by Crippen LogP contribution is -2.30. The molecule has 1 aliphatic rings. The lowest BCUT2D eigenvalue weighted by molar-refractivity contribution is 0.1000. The van der Waals surface area contributed by atoms with Crippen molar-refractivity contribution >= 4 is 15.9 Å². The topological polar surface area (TPSA) is 89.3 Å². The standard InChI is InChI=1S/C18H20N2O3S/c1-12-2-4-13(5-3-12)17(14-6-7-14)20-24(22,23)16-10-8-15(9-11-16)18(19)21/h2-5,8-11,14,17,20H,6-7H2,1H3,(H2,19,21)/t17-/m0/s1. The predicted molar refractivity (Wildman–Crippen MR) is 91.9 cm³/mol. The van der Waals surface area contributed by atoms with Crippen LogP contribution >= 0.6 is 0 Å². The molecule has 1 aliphatic carbocycles. The number of carbonyl (C=O) groups excluding carboxylic acids is 1. The Kier molecular flexibility index (Phi) is 4.43. The van der Waals surface area contributed by atoms with Crippen molar-refractivity contribution in [1.29, 1.82) is 0 Å². The van der Waals surface area contributed by atoms with Crippen LogP contribution in [0.4, 0.5) is 0 Å². The van der Waals surface area contributed by atoms with E-state index in [1.807, 2.05) is 31.2 Å². The van der Waals surface area contributed by atoms with E-state index in [1.165, 1.54) is 24.3 Å². The van der Waals surface area contributed by atoms with Gasteiger partial charge in [0.25, 0.3) is 0 Å². The summed E-state index contributed by atoms with van der Waals surface area (Å²) in [4.78, 5) is 11.2. The molecular formula is C18H20N2O3S. The van der Waals surface area contributed by atoms with Gasteiger partial charge in [-0.2, -0.15) is 0 Å². The minimum atomic E-state index is -3.67. The van der Waals surface area contributed by atoms with Crippen molar-refractivity contribution in [3.63, 3.8) is 0 Å². The Hall–Kier alpha value is -2.18. The Morgan fingerprint density at radius 2 is 1.67 bits per heavy atom. The molecule has 0 bridgehead atoms. The highest BCUT2D eigenvalue weighted by Crippen LogP contribution is 2.41. The molecule has 0 saturated heterocycles. The maximum absolute atomic E-state index is 12.7. The maximum atomic E-state index is 12.7. The van der Waals surface area contributed by atoms with E-state index in [2.05, 4.69) is 4.72 Å². The van der Waals surface area contributed by atoms with Gasteiger partial charge in [-0.15, -0.1) is 0 Å². The Bertz CT molecular complexity index is 839. The molecule has 1 fully saturated rings. The number of aryl methyl sites for hydroxylation is 1. The van der Waals surface area contributed by atoms with Crippen molar-refractivity contribution in [2.45, 2.75) is 30.7 Å². The largest absolute Gasteiger partial charge is 0.366 e. The maximum Gasteiger partial charge on any atom is 0.248 e. The van der Waals surface area contributed by atoms with Crippen LogP contribution in [-0.2, 0) is 10.0 Å². The molecular weight excluding hydrogens is 324 g/mol. The van der Waals surface area contributed by atoms with E-state index in [-0.39, 0.29) is 16.5 Å². The second-order valence-corrected chi connectivity index (χ2v) is 7.95. The molecule has 5 nitrogen and oxygen atoms in total. The Morgan fingerprint density at radius 1 is 1.08 bits per heavy atom. The van der Waals surface area contributed by atoms with Gasteiger partial charge in [-0.25, -0.2) is 13.1 Å². The summed E-state index contributed by atoms with van der Waals surface area (Å²) >= 11 is 0. The fourth-order valence-corrected chi connectivity index (χ4v) is 3.97. The van der Waals surface area contributed by atoms with Gasteiger partial charge in [0.05, 0.1) is 4.90 Å². The molecule has 1 atom stereocenters. The molecule has 0 aliphatic heterocycles. The van der Waals surface area contributed by atoms with Crippen molar-refractivity contribution in [2.75, 3.05) is 0 Å². The van der Waals surface area contributed by atoms with Crippen LogP contribution in [0.1, 0.15) is 40.4 Å². The molecule has 1 amide bonds. The zero-order chi connectivity index (χ0) is 17.3. The fraction of sp³-hybridized carbons (Fsp3) is 0.278. The summed E-state index contributed by atoms with van der Waals surface area (Å²) in [6.45, 7) is 2.00. The number of hydrogen-bond donors (Lipinski definition) is 2. The van der Waals surface area contributed by atoms with Gasteiger partial charge in [0.15, 0.2) is 0 Å². The Labute approximate surface area is 141 Å². The van der Waals surface area contributed by atoms with Crippen molar-refractivity contribution < 1.29 is 13.2 Å². The smallest absolute Gasteiger partial charge is 0.248 e. The molecule has 2 aromatic carbocycles. The number of primary amides is 1. The third-order valence-corrected chi connectivity index (χ3v) is 5.72. The first-order chi connectivity index (χ1) is 11.4. The molecule has 3 N–H and O–H groups in total. The molecule has 6 heteroatoms. The van der Waals surface area contributed by atoms with Crippen LogP contribution in [0.25, 0.3) is 0 Å². The molecule has 126 valence electrons. The van der Waals surface area contributed by atoms with E-state index in [0.29, 0.717) is 5.92 Å². The van der Waals surface area contributed by atoms with Gasteiger partial charge in [-0.3, -0.25) is 4.79 Å². The van der Waals surface area contributed by atoms with E-state index >= 15 is 0 Å². The average molecular weight is 344 g/mol. The average Bonchev–Trinajstić information content (AvgIpc) is 3.38. The number of amides is 1. The quantitative estimate of drug-likeness (QED) is 0.844. The highest BCUT2D eigenvalue weighted by Gasteiger charge is 2.35. The fourth-order valence-electron chi connectivity index (χ4n) is 2.67. The normalized spacial score (nSPS) is 15.9. The molecule has 24 heavy (non-hydrogen) atoms. The lowest BCUT2D eigenvalue weighted by Gasteiger charge is -2.19. The summed E-state index contributed by atoms with van der Waals surface area (Å²) in [7, 11) is -3.67. The SMILES string of the molecule is Cc1ccc([C@H](NS(=O)(=O)c2ccc(C(N)=O)cc2)C2CC2)cc1. The minimum absolute atomic E-state index is 0.130. The molecule has 2 aromatic rings. The zero-order valence-electron chi connectivity index (χ0n) is 13.4. The highest BCUT2D eigenvalue weighted by atomic mass is 32.2. The van der Waals surface area contributed by atoms with Gasteiger partial charge in [0, 0.05) is 11.6 Å². The van der Waals surface area contributed by atoms with Crippen LogP contribution in [0.15, 0.2) is 53.4 Å². The first kappa shape index (κ1) is 16.7. The first-order valence-electron chi connectivity index (χ1n) is 7.85. The molecule has 3 rings (SSSR count). The molecule has 0 radical (unpaired) electrons. The number of nitrogens with two attached hydrogens (primary N) is 1. The van der Waals surface area contributed by atoms with Gasteiger partial charge in [-0.1, -0.05) is 29.8 Å². The van der Waals surface area contributed by atoms with E-state index < -0.39 is 15.9 Å². The summed E-state index contributed by atoms with van der Waals surface area (Å²) in [5, 5.41) is 0. The van der Waals surface area contributed by atoms with Crippen molar-refractivity contribution in [3.05, 3.63) is 65.2 Å². The number of benzene rings is 2. The molecule has 0 spiro atoms. The van der Waals surface area contributed by atoms with Gasteiger partial charge >= 0.3 is 0 Å². The Balaban J connectivity index is 1.85. The monoisotopic (exact) mass is 344 g/mol. The van der Waals surface area contributed by atoms with Crippen molar-refractivity contribution in [2.24, 2.45) is 11.7 Å². The lowest BCUT2D eigenvalue weighted by atomic mass is 10.0. The Morgan fingerprint density at radius 3 is 2.17 bits per heavy atom. The van der Waals surface area contributed by atoms with Crippen LogP contribution < -0.4 is 10.5 Å². The molecule has 0 aromatic heterocycles. The van der Waals surface area contributed by atoms with E-state index in [9.17, 15) is 13.2 Å². The summed E-state index contributed by atoms with van der Waals surface area (Å²) in [5.41, 5.74) is 7.58. The van der Waals surface area contributed by atoms with Crippen LogP contribution in [0, 0.1) is 12.8 Å². The summed E-state index contributed by atoms with van der Waals surface area (Å²) in [6.07, 6.45) is 2.03. The number of nitrogens with one attached hydrogen (secondary N) is 1. The van der Waals surface area contributed by atoms with Gasteiger partial charge in [-0.05, 0) is 55.5 Å². The number of rotatable bonds is 6. The molecule has 1 saturated carbocycles. The second kappa shape index (κ2) is 6.37. The highest BCUT2D eigenvalue weighted by molar-refractivity contribution is 7.89.